The minimum absolute atomic E-state index is 0.0578. The fourth-order valence-corrected chi connectivity index (χ4v) is 9.74. The number of ether oxygens (including phenoxy) is 5. The Balaban J connectivity index is 1.81. The van der Waals surface area contributed by atoms with Crippen LogP contribution in [0.5, 0.6) is 0 Å². The van der Waals surface area contributed by atoms with Crippen molar-refractivity contribution in [1.82, 2.24) is 0 Å². The average Bonchev–Trinajstić information content (AvgIpc) is 3.45. The van der Waals surface area contributed by atoms with Crippen LogP contribution in [0.3, 0.4) is 0 Å². The van der Waals surface area contributed by atoms with Crippen LogP contribution in [0.2, 0.25) is 0 Å². The first-order valence-corrected chi connectivity index (χ1v) is 16.0. The highest BCUT2D eigenvalue weighted by atomic mass is 16.6. The maximum absolute atomic E-state index is 14.0. The molecule has 0 heterocycles. The van der Waals surface area contributed by atoms with Gasteiger partial charge in [0.15, 0.2) is 0 Å². The van der Waals surface area contributed by atoms with Gasteiger partial charge in [0.25, 0.3) is 0 Å². The predicted molar refractivity (Wildman–Crippen MR) is 162 cm³/mol. The summed E-state index contributed by atoms with van der Waals surface area (Å²) in [7, 11) is 0. The van der Waals surface area contributed by atoms with E-state index in [1.807, 2.05) is 13.8 Å². The molecule has 5 rings (SSSR count). The molecular formula is C35H44O12. The molecule has 0 aromatic heterocycles. The first-order valence-electron chi connectivity index (χ1n) is 16.0. The second-order valence-electron chi connectivity index (χ2n) is 14.6. The van der Waals surface area contributed by atoms with Gasteiger partial charge in [-0.1, -0.05) is 45.9 Å². The number of carbonyl (C=O) groups excluding carboxylic acids is 6. The molecular weight excluding hydrogens is 612 g/mol. The Morgan fingerprint density at radius 3 is 1.94 bits per heavy atom. The zero-order valence-corrected chi connectivity index (χ0v) is 28.1. The van der Waals surface area contributed by atoms with Crippen molar-refractivity contribution < 1.29 is 57.6 Å². The molecule has 0 radical (unpaired) electrons. The number of Topliss-reactive ketones (excluding diaryl/α,β-unsaturated/α-hetero) is 1. The average molecular weight is 657 g/mol. The molecule has 4 saturated carbocycles. The summed E-state index contributed by atoms with van der Waals surface area (Å²) in [6.45, 7) is 11.4. The van der Waals surface area contributed by atoms with Crippen molar-refractivity contribution in [2.24, 2.45) is 39.9 Å². The van der Waals surface area contributed by atoms with Gasteiger partial charge in [0, 0.05) is 50.4 Å². The van der Waals surface area contributed by atoms with Crippen LogP contribution in [0.15, 0.2) is 30.3 Å². The normalized spacial score (nSPS) is 39.6. The summed E-state index contributed by atoms with van der Waals surface area (Å²) in [4.78, 5) is 78.5. The van der Waals surface area contributed by atoms with E-state index in [4.69, 9.17) is 23.7 Å². The summed E-state index contributed by atoms with van der Waals surface area (Å²) in [6.07, 6.45) is -5.10. The van der Waals surface area contributed by atoms with Crippen molar-refractivity contribution in [1.29, 1.82) is 0 Å². The lowest BCUT2D eigenvalue weighted by Gasteiger charge is -2.63. The molecule has 0 aliphatic heterocycles. The van der Waals surface area contributed by atoms with Crippen molar-refractivity contribution in [3.05, 3.63) is 35.9 Å². The van der Waals surface area contributed by atoms with E-state index in [-0.39, 0.29) is 24.4 Å². The summed E-state index contributed by atoms with van der Waals surface area (Å²) >= 11 is 0. The number of esters is 5. The molecule has 1 N–H and O–H groups in total. The van der Waals surface area contributed by atoms with E-state index >= 15 is 0 Å². The molecule has 4 aliphatic carbocycles. The molecule has 11 atom stereocenters. The highest BCUT2D eigenvalue weighted by molar-refractivity contribution is 5.90. The van der Waals surface area contributed by atoms with Gasteiger partial charge in [-0.2, -0.15) is 0 Å². The zero-order chi connectivity index (χ0) is 34.9. The number of hydrogen-bond donors (Lipinski definition) is 1. The predicted octanol–water partition coefficient (Wildman–Crippen LogP) is 3.21. The second-order valence-corrected chi connectivity index (χ2v) is 14.6. The number of hydrogen-bond acceptors (Lipinski definition) is 12. The Kier molecular flexibility index (Phi) is 8.61. The van der Waals surface area contributed by atoms with Crippen LogP contribution in [0.1, 0.15) is 78.6 Å². The third-order valence-electron chi connectivity index (χ3n) is 11.5. The lowest BCUT2D eigenvalue weighted by atomic mass is 9.46. The fraction of sp³-hybridized carbons (Fsp3) is 0.657. The van der Waals surface area contributed by atoms with Gasteiger partial charge in [0.2, 0.25) is 0 Å². The largest absolute Gasteiger partial charge is 0.465 e. The fourth-order valence-electron chi connectivity index (χ4n) is 9.74. The van der Waals surface area contributed by atoms with Crippen molar-refractivity contribution >= 4 is 35.6 Å². The molecule has 0 bridgehead atoms. The van der Waals surface area contributed by atoms with Crippen LogP contribution >= 0.6 is 0 Å². The van der Waals surface area contributed by atoms with Gasteiger partial charge in [0.1, 0.15) is 42.4 Å². The summed E-state index contributed by atoms with van der Waals surface area (Å²) in [5, 5.41) is 13.2. The summed E-state index contributed by atoms with van der Waals surface area (Å²) in [5.74, 6) is -7.13. The maximum Gasteiger partial charge on any atom is 0.338 e. The van der Waals surface area contributed by atoms with E-state index in [1.165, 1.54) is 20.8 Å². The quantitative estimate of drug-likeness (QED) is 0.337. The number of rotatable bonds is 7. The van der Waals surface area contributed by atoms with E-state index < -0.39 is 99.8 Å². The molecule has 0 amide bonds. The van der Waals surface area contributed by atoms with E-state index in [0.717, 1.165) is 6.92 Å². The second kappa shape index (κ2) is 11.7. The monoisotopic (exact) mass is 656 g/mol. The van der Waals surface area contributed by atoms with Crippen molar-refractivity contribution in [2.75, 3.05) is 6.61 Å². The molecule has 1 aromatic carbocycles. The third-order valence-corrected chi connectivity index (χ3v) is 11.5. The summed E-state index contributed by atoms with van der Waals surface area (Å²) in [6, 6.07) is 8.14. The standard InChI is InChI=1S/C35H44O12/c1-17-26(47-30(41)22-12-10-9-11-13-22)25-29(45-20(4)38)34(16-43-18(2)36)14-23-24(15-32(6,7)27(23)40)33(34,8)31(46-21(5)39)35(25,42)28(17)44-19(3)37/h9-13,17,23-26,28-29,31,42H,14-16H2,1-8H3/t17-,23-,24-,25-,26-,28-,29+,31-,33-,34-,35+/m1/s1. The Morgan fingerprint density at radius 1 is 0.809 bits per heavy atom. The number of carbonyl (C=O) groups is 6. The third kappa shape index (κ3) is 5.14. The van der Waals surface area contributed by atoms with E-state index in [2.05, 4.69) is 0 Å². The number of aliphatic hydroxyl groups is 1. The lowest BCUT2D eigenvalue weighted by molar-refractivity contribution is -0.308. The van der Waals surface area contributed by atoms with Gasteiger partial charge in [-0.25, -0.2) is 4.79 Å². The van der Waals surface area contributed by atoms with E-state index in [0.29, 0.717) is 6.42 Å². The smallest absolute Gasteiger partial charge is 0.338 e. The first-order chi connectivity index (χ1) is 21.8. The lowest BCUT2D eigenvalue weighted by Crippen LogP contribution is -2.76. The van der Waals surface area contributed by atoms with Crippen LogP contribution in [-0.4, -0.2) is 77.4 Å². The molecule has 12 nitrogen and oxygen atoms in total. The van der Waals surface area contributed by atoms with Crippen molar-refractivity contribution in [3.8, 4) is 0 Å². The molecule has 4 fully saturated rings. The molecule has 4 aliphatic rings. The van der Waals surface area contributed by atoms with Crippen molar-refractivity contribution in [3.63, 3.8) is 0 Å². The molecule has 256 valence electrons. The minimum Gasteiger partial charge on any atom is -0.465 e. The van der Waals surface area contributed by atoms with Crippen molar-refractivity contribution in [2.45, 2.75) is 98.2 Å². The SMILES string of the molecule is CC(=O)OC[C@@]12C[C@H]3C(=O)C(C)(C)C[C@H]3[C@]1(C)[C@@H](OC(C)=O)[C@]1(O)[C@H]([C@H](OC(=O)c3ccccc3)[C@@H](C)[C@H]1OC(C)=O)[C@@H]2OC(C)=O. The van der Waals surface area contributed by atoms with Crippen LogP contribution in [0.25, 0.3) is 0 Å². The van der Waals surface area contributed by atoms with Crippen LogP contribution in [-0.2, 0) is 47.7 Å². The van der Waals surface area contributed by atoms with Gasteiger partial charge >= 0.3 is 29.8 Å². The first kappa shape index (κ1) is 34.5. The molecule has 0 unspecified atom stereocenters. The highest BCUT2D eigenvalue weighted by Crippen LogP contribution is 2.75. The van der Waals surface area contributed by atoms with Gasteiger partial charge in [-0.05, 0) is 30.9 Å². The number of benzene rings is 1. The van der Waals surface area contributed by atoms with Gasteiger partial charge in [-0.15, -0.1) is 0 Å². The number of ketones is 1. The topological polar surface area (TPSA) is 169 Å². The van der Waals surface area contributed by atoms with Crippen LogP contribution in [0.4, 0.5) is 0 Å². The Bertz CT molecular complexity index is 1490. The Morgan fingerprint density at radius 2 is 1.38 bits per heavy atom. The van der Waals surface area contributed by atoms with Gasteiger partial charge < -0.3 is 28.8 Å². The van der Waals surface area contributed by atoms with Gasteiger partial charge in [-0.3, -0.25) is 24.0 Å². The maximum atomic E-state index is 14.0. The number of fused-ring (bicyclic) bond motifs is 4. The molecule has 12 heteroatoms. The highest BCUT2D eigenvalue weighted by Gasteiger charge is 2.85. The van der Waals surface area contributed by atoms with Gasteiger partial charge in [0.05, 0.1) is 16.9 Å². The minimum atomic E-state index is -2.29. The molecule has 0 spiro atoms. The zero-order valence-electron chi connectivity index (χ0n) is 28.1. The summed E-state index contributed by atoms with van der Waals surface area (Å²) < 4.78 is 29.9. The Labute approximate surface area is 273 Å². The van der Waals surface area contributed by atoms with Crippen LogP contribution < -0.4 is 0 Å². The molecule has 47 heavy (non-hydrogen) atoms. The Hall–Kier alpha value is -3.80. The molecule has 0 saturated heterocycles. The van der Waals surface area contributed by atoms with Crippen LogP contribution in [0, 0.1) is 39.9 Å². The summed E-state index contributed by atoms with van der Waals surface area (Å²) in [5.41, 5.74) is -5.65. The molecule has 1 aromatic rings. The van der Waals surface area contributed by atoms with E-state index in [1.54, 1.807) is 44.2 Å². The van der Waals surface area contributed by atoms with E-state index in [9.17, 15) is 33.9 Å².